The molecule has 0 unspecified atom stereocenters. The van der Waals surface area contributed by atoms with Crippen LogP contribution in [0.5, 0.6) is 0 Å². The van der Waals surface area contributed by atoms with E-state index in [0.717, 1.165) is 3.57 Å². The molecule has 1 aromatic carbocycles. The van der Waals surface area contributed by atoms with Crippen LogP contribution in [0.25, 0.3) is 0 Å². The molecule has 0 N–H and O–H groups in total. The Hall–Kier alpha value is -0.0200. The van der Waals surface area contributed by atoms with E-state index >= 15 is 0 Å². The summed E-state index contributed by atoms with van der Waals surface area (Å²) in [5.41, 5.74) is 0.196. The Morgan fingerprint density at radius 3 is 2.58 bits per heavy atom. The zero-order chi connectivity index (χ0) is 14.6. The van der Waals surface area contributed by atoms with Crippen molar-refractivity contribution in [2.24, 2.45) is 0 Å². The first-order chi connectivity index (χ1) is 8.74. The maximum absolute atomic E-state index is 12.4. The third-order valence-electron chi connectivity index (χ3n) is 2.17. The summed E-state index contributed by atoms with van der Waals surface area (Å²) < 4.78 is 38.5. The van der Waals surface area contributed by atoms with Crippen LogP contribution in [0.1, 0.15) is 10.4 Å². The number of carbonyl (C=O) groups is 1. The van der Waals surface area contributed by atoms with Gasteiger partial charge in [0.15, 0.2) is 0 Å². The van der Waals surface area contributed by atoms with Gasteiger partial charge in [-0.2, -0.15) is 13.2 Å². The second-order valence-corrected chi connectivity index (χ2v) is 6.13. The number of benzene rings is 1. The molecule has 2 nitrogen and oxygen atoms in total. The summed E-state index contributed by atoms with van der Waals surface area (Å²) in [6, 6.07) is 4.91. The maximum atomic E-state index is 12.4. The molecule has 0 heterocycles. The minimum absolute atomic E-state index is 0.0522. The van der Waals surface area contributed by atoms with Crippen LogP contribution in [-0.4, -0.2) is 36.0 Å². The van der Waals surface area contributed by atoms with Gasteiger partial charge in [0.25, 0.3) is 5.91 Å². The molecule has 19 heavy (non-hydrogen) atoms. The Kier molecular flexibility index (Phi) is 6.38. The predicted molar refractivity (Wildman–Crippen MR) is 79.5 cm³/mol. The summed E-state index contributed by atoms with van der Waals surface area (Å²) in [5, 5.41) is 0. The van der Waals surface area contributed by atoms with Crippen LogP contribution in [0.4, 0.5) is 13.2 Å². The number of halogens is 6. The van der Waals surface area contributed by atoms with E-state index in [2.05, 4.69) is 15.9 Å². The first kappa shape index (κ1) is 17.0. The Balaban J connectivity index is 3.02. The van der Waals surface area contributed by atoms with Crippen molar-refractivity contribution >= 4 is 56.0 Å². The van der Waals surface area contributed by atoms with Gasteiger partial charge >= 0.3 is 6.18 Å². The summed E-state index contributed by atoms with van der Waals surface area (Å²) in [4.78, 5) is 12.8. The van der Waals surface area contributed by atoms with Gasteiger partial charge in [-0.1, -0.05) is 0 Å². The smallest absolute Gasteiger partial charge is 0.328 e. The summed E-state index contributed by atoms with van der Waals surface area (Å²) in [6.45, 7) is -1.46. The number of hydrogen-bond donors (Lipinski definition) is 0. The van der Waals surface area contributed by atoms with Crippen LogP contribution in [0.3, 0.4) is 0 Å². The predicted octanol–water partition coefficient (Wildman–Crippen LogP) is 4.30. The normalized spacial score (nSPS) is 11.5. The molecule has 8 heteroatoms. The molecular formula is C11H9BrClF3INO. The van der Waals surface area contributed by atoms with E-state index in [0.29, 0.717) is 9.37 Å². The van der Waals surface area contributed by atoms with Gasteiger partial charge in [0.05, 0.1) is 5.56 Å². The van der Waals surface area contributed by atoms with Crippen molar-refractivity contribution in [1.29, 1.82) is 0 Å². The van der Waals surface area contributed by atoms with E-state index in [-0.39, 0.29) is 18.0 Å². The number of alkyl halides is 4. The molecule has 0 saturated heterocycles. The van der Waals surface area contributed by atoms with Gasteiger partial charge in [-0.3, -0.25) is 4.79 Å². The van der Waals surface area contributed by atoms with Crippen molar-refractivity contribution in [3.05, 3.63) is 31.8 Å². The summed E-state index contributed by atoms with van der Waals surface area (Å²) in [6.07, 6.45) is -4.45. The average Bonchev–Trinajstić information content (AvgIpc) is 2.29. The van der Waals surface area contributed by atoms with Crippen molar-refractivity contribution in [2.75, 3.05) is 19.0 Å². The number of nitrogens with zero attached hydrogens (tertiary/aromatic N) is 1. The molecule has 0 aromatic heterocycles. The van der Waals surface area contributed by atoms with E-state index in [9.17, 15) is 18.0 Å². The highest BCUT2D eigenvalue weighted by atomic mass is 127. The molecule has 1 aromatic rings. The number of hydrogen-bond acceptors (Lipinski definition) is 1. The first-order valence-electron chi connectivity index (χ1n) is 5.11. The fraction of sp³-hybridized carbons (Fsp3) is 0.364. The molecular weight excluding hydrogens is 461 g/mol. The maximum Gasteiger partial charge on any atom is 0.406 e. The van der Waals surface area contributed by atoms with Crippen LogP contribution < -0.4 is 0 Å². The van der Waals surface area contributed by atoms with Gasteiger partial charge in [0, 0.05) is 20.5 Å². The number of carbonyl (C=O) groups excluding carboxylic acids is 1. The van der Waals surface area contributed by atoms with E-state index in [1.807, 2.05) is 22.6 Å². The van der Waals surface area contributed by atoms with Gasteiger partial charge in [-0.15, -0.1) is 11.6 Å². The highest BCUT2D eigenvalue weighted by molar-refractivity contribution is 14.1. The largest absolute Gasteiger partial charge is 0.406 e. The molecule has 0 saturated carbocycles. The zero-order valence-corrected chi connectivity index (χ0v) is 14.0. The topological polar surface area (TPSA) is 20.3 Å². The molecule has 0 aliphatic carbocycles. The van der Waals surface area contributed by atoms with Crippen LogP contribution in [0.2, 0.25) is 0 Å². The minimum atomic E-state index is -4.45. The monoisotopic (exact) mass is 469 g/mol. The fourth-order valence-corrected chi connectivity index (χ4v) is 2.51. The van der Waals surface area contributed by atoms with Gasteiger partial charge in [-0.05, 0) is 56.7 Å². The highest BCUT2D eigenvalue weighted by Crippen LogP contribution is 2.23. The van der Waals surface area contributed by atoms with Gasteiger partial charge in [-0.25, -0.2) is 0 Å². The molecule has 106 valence electrons. The molecule has 0 spiro atoms. The first-order valence-corrected chi connectivity index (χ1v) is 7.52. The molecule has 0 atom stereocenters. The average molecular weight is 470 g/mol. The van der Waals surface area contributed by atoms with E-state index < -0.39 is 18.6 Å². The lowest BCUT2D eigenvalue weighted by Crippen LogP contribution is -2.40. The third-order valence-corrected chi connectivity index (χ3v) is 3.70. The molecule has 0 radical (unpaired) electrons. The van der Waals surface area contributed by atoms with Crippen molar-refractivity contribution in [3.63, 3.8) is 0 Å². The summed E-state index contributed by atoms with van der Waals surface area (Å²) in [7, 11) is 0. The van der Waals surface area contributed by atoms with Gasteiger partial charge in [0.1, 0.15) is 6.54 Å². The third kappa shape index (κ3) is 5.47. The van der Waals surface area contributed by atoms with Crippen LogP contribution in [0.15, 0.2) is 22.7 Å². The quantitative estimate of drug-likeness (QED) is 0.475. The lowest BCUT2D eigenvalue weighted by atomic mass is 10.2. The van der Waals surface area contributed by atoms with Crippen molar-refractivity contribution in [2.45, 2.75) is 6.18 Å². The van der Waals surface area contributed by atoms with Crippen LogP contribution in [0, 0.1) is 3.57 Å². The highest BCUT2D eigenvalue weighted by Gasteiger charge is 2.33. The SMILES string of the molecule is O=C(c1cc(I)ccc1Br)N(CCCl)CC(F)(F)F. The van der Waals surface area contributed by atoms with E-state index in [4.69, 9.17) is 11.6 Å². The molecule has 0 fully saturated rings. The van der Waals surface area contributed by atoms with Gasteiger partial charge < -0.3 is 4.90 Å². The lowest BCUT2D eigenvalue weighted by molar-refractivity contribution is -0.140. The lowest BCUT2D eigenvalue weighted by Gasteiger charge is -2.23. The number of amides is 1. The summed E-state index contributed by atoms with van der Waals surface area (Å²) >= 11 is 10.6. The van der Waals surface area contributed by atoms with E-state index in [1.54, 1.807) is 12.1 Å². The Bertz CT molecular complexity index is 470. The number of rotatable bonds is 4. The Morgan fingerprint density at radius 1 is 1.42 bits per heavy atom. The molecule has 0 aliphatic rings. The molecule has 0 aliphatic heterocycles. The molecule has 0 bridgehead atoms. The Labute approximate surface area is 135 Å². The second kappa shape index (κ2) is 7.12. The Morgan fingerprint density at radius 2 is 2.05 bits per heavy atom. The van der Waals surface area contributed by atoms with E-state index in [1.165, 1.54) is 6.07 Å². The molecule has 1 rings (SSSR count). The zero-order valence-electron chi connectivity index (χ0n) is 9.48. The van der Waals surface area contributed by atoms with Crippen molar-refractivity contribution in [1.82, 2.24) is 4.90 Å². The standard InChI is InChI=1S/C11H9BrClF3INO/c12-9-2-1-7(17)5-8(9)10(19)18(4-3-13)6-11(14,15)16/h1-2,5H,3-4,6H2. The van der Waals surface area contributed by atoms with Crippen molar-refractivity contribution < 1.29 is 18.0 Å². The second-order valence-electron chi connectivity index (χ2n) is 3.66. The van der Waals surface area contributed by atoms with Crippen molar-refractivity contribution in [3.8, 4) is 0 Å². The molecule has 1 amide bonds. The van der Waals surface area contributed by atoms with Gasteiger partial charge in [0.2, 0.25) is 0 Å². The van der Waals surface area contributed by atoms with Crippen LogP contribution >= 0.6 is 50.1 Å². The minimum Gasteiger partial charge on any atom is -0.328 e. The fourth-order valence-electron chi connectivity index (χ4n) is 1.40. The van der Waals surface area contributed by atoms with Crippen LogP contribution in [-0.2, 0) is 0 Å². The summed E-state index contributed by atoms with van der Waals surface area (Å²) in [5.74, 6) is -0.744.